The zero-order valence-electron chi connectivity index (χ0n) is 15.0. The average molecular weight is 341 g/mol. The lowest BCUT2D eigenvalue weighted by atomic mass is 10.1. The summed E-state index contributed by atoms with van der Waals surface area (Å²) in [6, 6.07) is 13.8. The average Bonchev–Trinajstić information content (AvgIpc) is 2.62. The van der Waals surface area contributed by atoms with Gasteiger partial charge in [0.1, 0.15) is 5.75 Å². The van der Waals surface area contributed by atoms with Crippen molar-refractivity contribution in [3.63, 3.8) is 0 Å². The molecule has 0 radical (unpaired) electrons. The molecule has 5 heteroatoms. The van der Waals surface area contributed by atoms with Crippen LogP contribution >= 0.6 is 0 Å². The van der Waals surface area contributed by atoms with Crippen molar-refractivity contribution in [2.24, 2.45) is 0 Å². The van der Waals surface area contributed by atoms with Crippen LogP contribution < -0.4 is 9.64 Å². The fourth-order valence-corrected chi connectivity index (χ4v) is 2.29. The van der Waals surface area contributed by atoms with Gasteiger partial charge in [0, 0.05) is 25.3 Å². The number of Topliss-reactive ketones (excluding diaryl/α,β-unsaturated/α-hetero) is 1. The van der Waals surface area contributed by atoms with Crippen LogP contribution in [-0.4, -0.2) is 38.6 Å². The first-order valence-corrected chi connectivity index (χ1v) is 8.17. The molecule has 0 fully saturated rings. The number of ketones is 1. The number of hydrogen-bond donors (Lipinski definition) is 0. The van der Waals surface area contributed by atoms with Crippen LogP contribution in [0.1, 0.15) is 34.6 Å². The van der Waals surface area contributed by atoms with Gasteiger partial charge in [0.2, 0.25) is 5.78 Å². The minimum absolute atomic E-state index is 0.249. The van der Waals surface area contributed by atoms with Gasteiger partial charge in [0.05, 0.1) is 12.2 Å². The second kappa shape index (κ2) is 8.33. The smallest absolute Gasteiger partial charge is 0.338 e. The fourth-order valence-electron chi connectivity index (χ4n) is 2.29. The molecule has 0 amide bonds. The molecule has 5 nitrogen and oxygen atoms in total. The van der Waals surface area contributed by atoms with E-state index in [1.165, 1.54) is 0 Å². The molecule has 0 spiro atoms. The summed E-state index contributed by atoms with van der Waals surface area (Å²) in [5.41, 5.74) is 1.87. The van der Waals surface area contributed by atoms with E-state index >= 15 is 0 Å². The van der Waals surface area contributed by atoms with Crippen LogP contribution in [0.2, 0.25) is 0 Å². The lowest BCUT2D eigenvalue weighted by Crippen LogP contribution is -2.24. The Hall–Kier alpha value is -2.82. The summed E-state index contributed by atoms with van der Waals surface area (Å²) in [6.45, 7) is 4.03. The van der Waals surface area contributed by atoms with E-state index in [1.54, 1.807) is 43.3 Å². The molecule has 0 aromatic heterocycles. The first kappa shape index (κ1) is 18.5. The van der Waals surface area contributed by atoms with Gasteiger partial charge in [-0.25, -0.2) is 4.79 Å². The molecule has 0 aliphatic rings. The highest BCUT2D eigenvalue weighted by molar-refractivity contribution is 6.01. The number of carbonyl (C=O) groups is 2. The fraction of sp³-hybridized carbons (Fsp3) is 0.300. The van der Waals surface area contributed by atoms with Gasteiger partial charge < -0.3 is 14.4 Å². The zero-order chi connectivity index (χ0) is 18.4. The van der Waals surface area contributed by atoms with E-state index in [0.717, 1.165) is 5.69 Å². The monoisotopic (exact) mass is 341 g/mol. The Balaban J connectivity index is 2.01. The molecule has 1 atom stereocenters. The van der Waals surface area contributed by atoms with Crippen LogP contribution in [0.25, 0.3) is 0 Å². The molecule has 132 valence electrons. The molecule has 0 aliphatic heterocycles. The van der Waals surface area contributed by atoms with Gasteiger partial charge in [-0.2, -0.15) is 0 Å². The number of rotatable bonds is 7. The molecule has 0 saturated heterocycles. The first-order valence-electron chi connectivity index (χ1n) is 8.17. The molecule has 0 aliphatic carbocycles. The van der Waals surface area contributed by atoms with Crippen molar-refractivity contribution in [3.05, 3.63) is 59.7 Å². The van der Waals surface area contributed by atoms with Crippen LogP contribution in [0.15, 0.2) is 48.5 Å². The number of nitrogens with zero attached hydrogens (tertiary/aromatic N) is 1. The lowest BCUT2D eigenvalue weighted by molar-refractivity contribution is 0.0319. The van der Waals surface area contributed by atoms with Gasteiger partial charge in [-0.1, -0.05) is 0 Å². The highest BCUT2D eigenvalue weighted by atomic mass is 16.5. The Morgan fingerprint density at radius 2 is 1.52 bits per heavy atom. The molecule has 0 N–H and O–H groups in total. The van der Waals surface area contributed by atoms with Crippen molar-refractivity contribution in [2.45, 2.75) is 20.0 Å². The minimum atomic E-state index is -0.862. The molecule has 2 aromatic carbocycles. The third-order valence-electron chi connectivity index (χ3n) is 3.72. The summed E-state index contributed by atoms with van der Waals surface area (Å²) in [6.07, 6.45) is -0.862. The van der Waals surface area contributed by atoms with Crippen molar-refractivity contribution in [2.75, 3.05) is 25.6 Å². The molecule has 2 rings (SSSR count). The number of anilines is 1. The molecule has 25 heavy (non-hydrogen) atoms. The SMILES string of the molecule is CCOc1ccc(C(=O)[C@@H](C)OC(=O)c2ccc(N(C)C)cc2)cc1. The summed E-state index contributed by atoms with van der Waals surface area (Å²) in [5, 5.41) is 0. The minimum Gasteiger partial charge on any atom is -0.494 e. The van der Waals surface area contributed by atoms with Crippen LogP contribution in [0.3, 0.4) is 0 Å². The summed E-state index contributed by atoms with van der Waals surface area (Å²) >= 11 is 0. The Kier molecular flexibility index (Phi) is 6.17. The maximum Gasteiger partial charge on any atom is 0.338 e. The number of esters is 1. The molecule has 2 aromatic rings. The van der Waals surface area contributed by atoms with Crippen molar-refractivity contribution < 1.29 is 19.1 Å². The molecule has 0 unspecified atom stereocenters. The maximum atomic E-state index is 12.4. The molecule has 0 heterocycles. The molecule has 0 bridgehead atoms. The van der Waals surface area contributed by atoms with E-state index in [-0.39, 0.29) is 5.78 Å². The van der Waals surface area contributed by atoms with E-state index in [0.29, 0.717) is 23.5 Å². The second-order valence-electron chi connectivity index (χ2n) is 5.81. The van der Waals surface area contributed by atoms with Gasteiger partial charge in [0.15, 0.2) is 6.10 Å². The van der Waals surface area contributed by atoms with Crippen LogP contribution in [0.4, 0.5) is 5.69 Å². The highest BCUT2D eigenvalue weighted by Gasteiger charge is 2.20. The number of ether oxygens (including phenoxy) is 2. The number of benzene rings is 2. The third-order valence-corrected chi connectivity index (χ3v) is 3.72. The predicted molar refractivity (Wildman–Crippen MR) is 97.6 cm³/mol. The lowest BCUT2D eigenvalue weighted by Gasteiger charge is -2.14. The van der Waals surface area contributed by atoms with Gasteiger partial charge >= 0.3 is 5.97 Å². The Morgan fingerprint density at radius 1 is 0.960 bits per heavy atom. The first-order chi connectivity index (χ1) is 11.9. The summed E-state index contributed by atoms with van der Waals surface area (Å²) < 4.78 is 10.6. The molecular formula is C20H23NO4. The second-order valence-corrected chi connectivity index (χ2v) is 5.81. The van der Waals surface area contributed by atoms with Crippen molar-refractivity contribution in [1.29, 1.82) is 0 Å². The predicted octanol–water partition coefficient (Wildman–Crippen LogP) is 3.58. The van der Waals surface area contributed by atoms with Gasteiger partial charge in [-0.3, -0.25) is 4.79 Å². The van der Waals surface area contributed by atoms with E-state index in [9.17, 15) is 9.59 Å². The topological polar surface area (TPSA) is 55.8 Å². The van der Waals surface area contributed by atoms with E-state index < -0.39 is 12.1 Å². The Labute approximate surface area is 148 Å². The van der Waals surface area contributed by atoms with Crippen LogP contribution in [0, 0.1) is 0 Å². The van der Waals surface area contributed by atoms with E-state index in [4.69, 9.17) is 9.47 Å². The largest absolute Gasteiger partial charge is 0.494 e. The number of carbonyl (C=O) groups excluding carboxylic acids is 2. The summed E-state index contributed by atoms with van der Waals surface area (Å²) in [4.78, 5) is 26.5. The highest BCUT2D eigenvalue weighted by Crippen LogP contribution is 2.16. The third kappa shape index (κ3) is 4.83. The normalized spacial score (nSPS) is 11.5. The van der Waals surface area contributed by atoms with Gasteiger partial charge in [0.25, 0.3) is 0 Å². The quantitative estimate of drug-likeness (QED) is 0.569. The van der Waals surface area contributed by atoms with Crippen molar-refractivity contribution >= 4 is 17.4 Å². The standard InChI is InChI=1S/C20H23NO4/c1-5-24-18-12-8-15(9-13-18)19(22)14(2)25-20(23)16-6-10-17(11-7-16)21(3)4/h6-14H,5H2,1-4H3/t14-/m1/s1. The van der Waals surface area contributed by atoms with E-state index in [1.807, 2.05) is 38.1 Å². The van der Waals surface area contributed by atoms with Crippen LogP contribution in [0.5, 0.6) is 5.75 Å². The summed E-state index contributed by atoms with van der Waals surface area (Å²) in [7, 11) is 3.84. The van der Waals surface area contributed by atoms with E-state index in [2.05, 4.69) is 0 Å². The van der Waals surface area contributed by atoms with Gasteiger partial charge in [-0.05, 0) is 62.4 Å². The maximum absolute atomic E-state index is 12.4. The van der Waals surface area contributed by atoms with Crippen LogP contribution in [-0.2, 0) is 4.74 Å². The van der Waals surface area contributed by atoms with Crippen molar-refractivity contribution in [1.82, 2.24) is 0 Å². The Bertz CT molecular complexity index is 720. The van der Waals surface area contributed by atoms with Gasteiger partial charge in [-0.15, -0.1) is 0 Å². The molecule has 0 saturated carbocycles. The van der Waals surface area contributed by atoms with Crippen molar-refractivity contribution in [3.8, 4) is 5.75 Å². The Morgan fingerprint density at radius 3 is 2.04 bits per heavy atom. The molecular weight excluding hydrogens is 318 g/mol. The number of hydrogen-bond acceptors (Lipinski definition) is 5. The zero-order valence-corrected chi connectivity index (χ0v) is 15.0. The summed E-state index contributed by atoms with van der Waals surface area (Å²) in [5.74, 6) is -0.0666.